The molecule has 0 saturated carbocycles. The van der Waals surface area contributed by atoms with Gasteiger partial charge >= 0.3 is 96.5 Å². The van der Waals surface area contributed by atoms with Crippen molar-refractivity contribution in [3.8, 4) is 0 Å². The number of rotatable bonds is 4. The van der Waals surface area contributed by atoms with E-state index in [0.29, 0.717) is 13.0 Å². The molecule has 0 radical (unpaired) electrons. The van der Waals surface area contributed by atoms with Crippen LogP contribution in [0.4, 0.5) is 0 Å². The summed E-state index contributed by atoms with van der Waals surface area (Å²) in [6, 6.07) is 0. The second-order valence-corrected chi connectivity index (χ2v) is 4.11. The van der Waals surface area contributed by atoms with Crippen molar-refractivity contribution in [3.05, 3.63) is 0 Å². The molecule has 89 valence electrons. The molecule has 7 nitrogen and oxygen atoms in total. The molecule has 0 aliphatic carbocycles. The van der Waals surface area contributed by atoms with E-state index in [9.17, 15) is 10.2 Å². The molecule has 0 aromatic heterocycles. The van der Waals surface area contributed by atoms with E-state index in [-0.39, 0.29) is 13.2 Å². The molecule has 15 heavy (non-hydrogen) atoms. The first-order valence-corrected chi connectivity index (χ1v) is 5.53. The van der Waals surface area contributed by atoms with Gasteiger partial charge in [-0.1, -0.05) is 0 Å². The zero-order chi connectivity index (χ0) is 10.9. The predicted octanol–water partition coefficient (Wildman–Crippen LogP) is -1.86. The predicted molar refractivity (Wildman–Crippen MR) is 40.4 cm³/mol. The topological polar surface area (TPSA) is 96.0 Å². The Balaban J connectivity index is 1.86. The van der Waals surface area contributed by atoms with Crippen LogP contribution >= 0.6 is 0 Å². The Bertz CT molecular complexity index is 238. The van der Waals surface area contributed by atoms with Gasteiger partial charge in [0.1, 0.15) is 0 Å². The van der Waals surface area contributed by atoms with Gasteiger partial charge in [-0.15, -0.1) is 0 Å². The summed E-state index contributed by atoms with van der Waals surface area (Å²) in [5.74, 6) is 0. The normalized spacial score (nSPS) is 39.0. The number of ether oxygens (including phenoxy) is 1. The molecule has 2 rings (SSSR count). The maximum absolute atomic E-state index is 10.1. The molecule has 8 heteroatoms. The molecular formula is C7H12NO6Os. The second-order valence-electron chi connectivity index (χ2n) is 3.59. The molecule has 2 aliphatic rings. The summed E-state index contributed by atoms with van der Waals surface area (Å²) in [6.45, 7) is 0.649. The van der Waals surface area contributed by atoms with Crippen LogP contribution in [0.25, 0.3) is 0 Å². The van der Waals surface area contributed by atoms with Crippen molar-refractivity contribution in [1.82, 2.24) is 5.32 Å². The van der Waals surface area contributed by atoms with Crippen molar-refractivity contribution in [1.29, 1.82) is 0 Å². The van der Waals surface area contributed by atoms with Gasteiger partial charge < -0.3 is 0 Å². The summed E-state index contributed by atoms with van der Waals surface area (Å²) < 4.78 is 9.89. The molecule has 0 bridgehead atoms. The van der Waals surface area contributed by atoms with Gasteiger partial charge in [-0.3, -0.25) is 0 Å². The van der Waals surface area contributed by atoms with E-state index in [4.69, 9.17) is 8.27 Å². The van der Waals surface area contributed by atoms with Crippen molar-refractivity contribution in [2.75, 3.05) is 19.8 Å². The summed E-state index contributed by atoms with van der Waals surface area (Å²) in [7, 11) is 0. The summed E-state index contributed by atoms with van der Waals surface area (Å²) in [6.07, 6.45) is -1.82. The Hall–Kier alpha value is 0.356. The fourth-order valence-corrected chi connectivity index (χ4v) is 1.74. The molecule has 2 atom stereocenters. The van der Waals surface area contributed by atoms with Crippen LogP contribution in [0, 0.1) is 0 Å². The van der Waals surface area contributed by atoms with E-state index in [2.05, 4.69) is 15.1 Å². The maximum atomic E-state index is 10.1. The minimum atomic E-state index is -1.24. The average molecular weight is 396 g/mol. The van der Waals surface area contributed by atoms with E-state index in [1.54, 1.807) is 0 Å². The number of hydrogen-bond acceptors (Lipinski definition) is 7. The zero-order valence-corrected chi connectivity index (χ0v) is 10.3. The van der Waals surface area contributed by atoms with E-state index in [1.807, 2.05) is 0 Å². The van der Waals surface area contributed by atoms with Crippen molar-refractivity contribution in [2.45, 2.75) is 24.2 Å². The Morgan fingerprint density at radius 3 is 2.80 bits per heavy atom. The molecule has 0 aromatic carbocycles. The molecule has 2 aliphatic heterocycles. The second kappa shape index (κ2) is 4.32. The molecule has 2 fully saturated rings. The van der Waals surface area contributed by atoms with E-state index >= 15 is 0 Å². The number of aliphatic hydroxyl groups excluding tert-OH is 1. The Kier molecular flexibility index (Phi) is 3.40. The van der Waals surface area contributed by atoms with Gasteiger partial charge in [-0.25, -0.2) is 0 Å². The van der Waals surface area contributed by atoms with Crippen LogP contribution in [-0.2, 0) is 37.0 Å². The van der Waals surface area contributed by atoms with Gasteiger partial charge in [0.15, 0.2) is 0 Å². The van der Waals surface area contributed by atoms with Crippen LogP contribution < -0.4 is 5.32 Å². The van der Waals surface area contributed by atoms with Gasteiger partial charge in [0, 0.05) is 0 Å². The molecule has 2 heterocycles. The summed E-state index contributed by atoms with van der Waals surface area (Å²) in [4.78, 5) is 9.13. The van der Waals surface area contributed by atoms with Crippen LogP contribution in [0.15, 0.2) is 0 Å². The summed E-state index contributed by atoms with van der Waals surface area (Å²) >= 11 is 1.21. The first-order valence-electron chi connectivity index (χ1n) is 4.49. The Morgan fingerprint density at radius 1 is 1.53 bits per heavy atom. The van der Waals surface area contributed by atoms with Crippen molar-refractivity contribution in [2.24, 2.45) is 0 Å². The van der Waals surface area contributed by atoms with Crippen LogP contribution in [0.3, 0.4) is 0 Å². The number of hydrogen-bond donors (Lipinski definition) is 3. The van der Waals surface area contributed by atoms with Gasteiger partial charge in [0.05, 0.1) is 0 Å². The Morgan fingerprint density at radius 2 is 2.27 bits per heavy atom. The third-order valence-electron chi connectivity index (χ3n) is 2.52. The van der Waals surface area contributed by atoms with Crippen molar-refractivity contribution < 1.29 is 47.2 Å². The van der Waals surface area contributed by atoms with Gasteiger partial charge in [0.25, 0.3) is 0 Å². The van der Waals surface area contributed by atoms with E-state index in [0.717, 1.165) is 0 Å². The minimum absolute atomic E-state index is 0.107. The first-order chi connectivity index (χ1) is 7.10. The molecule has 0 amide bonds. The third-order valence-corrected chi connectivity index (χ3v) is 3.20. The summed E-state index contributed by atoms with van der Waals surface area (Å²) in [5.41, 5.74) is -1.23. The standard InChI is InChI=1S/C7H12NO6.Os/c9-5-3-12-2-1-6(5,10)4-8-7(11)13-14-7;/h5,8-10H,1-4H2;/q-1;+1. The molecular weight excluding hydrogens is 384 g/mol. The van der Waals surface area contributed by atoms with E-state index < -0.39 is 17.8 Å². The molecule has 0 spiro atoms. The number of aliphatic hydroxyl groups is 2. The third kappa shape index (κ3) is 2.54. The van der Waals surface area contributed by atoms with Crippen molar-refractivity contribution >= 4 is 0 Å². The molecule has 2 saturated heterocycles. The van der Waals surface area contributed by atoms with Crippen LogP contribution in [0.1, 0.15) is 6.42 Å². The SMILES string of the molecule is OC1COCCC1(O)CNC1([O][Os])OO1. The summed E-state index contributed by atoms with van der Waals surface area (Å²) in [5, 5.41) is 22.4. The van der Waals surface area contributed by atoms with E-state index in [1.165, 1.54) is 19.0 Å². The van der Waals surface area contributed by atoms with Gasteiger partial charge in [-0.05, 0) is 0 Å². The quantitative estimate of drug-likeness (QED) is 0.291. The van der Waals surface area contributed by atoms with Crippen LogP contribution in [0.5, 0.6) is 0 Å². The fourth-order valence-electron chi connectivity index (χ4n) is 1.38. The molecule has 0 aromatic rings. The first kappa shape index (κ1) is 11.8. The molecule has 3 N–H and O–H groups in total. The molecule has 2 unspecified atom stereocenters. The van der Waals surface area contributed by atoms with Crippen molar-refractivity contribution in [3.63, 3.8) is 0 Å². The monoisotopic (exact) mass is 398 g/mol. The van der Waals surface area contributed by atoms with Crippen LogP contribution in [0.2, 0.25) is 0 Å². The van der Waals surface area contributed by atoms with Crippen LogP contribution in [-0.4, -0.2) is 47.8 Å². The van der Waals surface area contributed by atoms with Gasteiger partial charge in [-0.2, -0.15) is 0 Å². The van der Waals surface area contributed by atoms with Gasteiger partial charge in [0.2, 0.25) is 0 Å². The zero-order valence-electron chi connectivity index (χ0n) is 7.79. The number of nitrogens with one attached hydrogen (secondary N) is 1. The fraction of sp³-hybridized carbons (Fsp3) is 1.00. The Labute approximate surface area is 96.9 Å². The average Bonchev–Trinajstić information content (AvgIpc) is 3.01.